The third kappa shape index (κ3) is 4.13. The van der Waals surface area contributed by atoms with Gasteiger partial charge in [0.1, 0.15) is 0 Å². The summed E-state index contributed by atoms with van der Waals surface area (Å²) >= 11 is 8.18. The van der Waals surface area contributed by atoms with E-state index >= 15 is 0 Å². The summed E-state index contributed by atoms with van der Waals surface area (Å²) in [6.07, 6.45) is 0.789. The Hall–Kier alpha value is 0.160. The lowest BCUT2D eigenvalue weighted by molar-refractivity contribution is 0.286. The number of rotatable bonds is 5. The highest BCUT2D eigenvalue weighted by Gasteiger charge is 1.99. The van der Waals surface area contributed by atoms with Crippen LogP contribution >= 0.6 is 34.2 Å². The number of halogens is 2. The van der Waals surface area contributed by atoms with Crippen molar-refractivity contribution >= 4 is 34.2 Å². The SMILES string of the molecule is OCCCNCc1cc(Cl)ccc1I. The molecule has 0 heterocycles. The van der Waals surface area contributed by atoms with E-state index in [2.05, 4.69) is 27.9 Å². The van der Waals surface area contributed by atoms with Crippen LogP contribution in [0.4, 0.5) is 0 Å². The van der Waals surface area contributed by atoms with Crippen LogP contribution in [0, 0.1) is 3.57 Å². The fourth-order valence-corrected chi connectivity index (χ4v) is 1.83. The van der Waals surface area contributed by atoms with E-state index in [9.17, 15) is 0 Å². The fraction of sp³-hybridized carbons (Fsp3) is 0.400. The molecule has 0 atom stereocenters. The van der Waals surface area contributed by atoms with Crippen LogP contribution in [0.2, 0.25) is 5.02 Å². The van der Waals surface area contributed by atoms with Crippen LogP contribution < -0.4 is 5.32 Å². The molecule has 78 valence electrons. The van der Waals surface area contributed by atoms with E-state index in [1.54, 1.807) is 0 Å². The molecule has 0 aromatic heterocycles. The second kappa shape index (κ2) is 6.61. The minimum absolute atomic E-state index is 0.236. The molecular formula is C10H13ClINO. The minimum atomic E-state index is 0.236. The zero-order chi connectivity index (χ0) is 10.4. The van der Waals surface area contributed by atoms with Crippen molar-refractivity contribution in [1.29, 1.82) is 0 Å². The zero-order valence-electron chi connectivity index (χ0n) is 7.76. The van der Waals surface area contributed by atoms with Crippen molar-refractivity contribution in [3.63, 3.8) is 0 Å². The third-order valence-corrected chi connectivity index (χ3v) is 3.12. The van der Waals surface area contributed by atoms with Gasteiger partial charge < -0.3 is 10.4 Å². The molecule has 0 amide bonds. The van der Waals surface area contributed by atoms with Crippen molar-refractivity contribution in [1.82, 2.24) is 5.32 Å². The highest BCUT2D eigenvalue weighted by atomic mass is 127. The summed E-state index contributed by atoms with van der Waals surface area (Å²) in [5.74, 6) is 0. The Kier molecular flexibility index (Phi) is 5.77. The van der Waals surface area contributed by atoms with Crippen LogP contribution in [0.5, 0.6) is 0 Å². The van der Waals surface area contributed by atoms with E-state index in [0.29, 0.717) is 0 Å². The van der Waals surface area contributed by atoms with E-state index in [0.717, 1.165) is 24.5 Å². The van der Waals surface area contributed by atoms with Crippen LogP contribution in [-0.2, 0) is 6.54 Å². The van der Waals surface area contributed by atoms with Crippen molar-refractivity contribution < 1.29 is 5.11 Å². The molecule has 2 N–H and O–H groups in total. The fourth-order valence-electron chi connectivity index (χ4n) is 1.11. The van der Waals surface area contributed by atoms with Gasteiger partial charge in [-0.1, -0.05) is 11.6 Å². The molecule has 0 aliphatic heterocycles. The van der Waals surface area contributed by atoms with Gasteiger partial charge in [0.05, 0.1) is 0 Å². The second-order valence-corrected chi connectivity index (χ2v) is 4.59. The maximum absolute atomic E-state index is 8.60. The number of hydrogen-bond donors (Lipinski definition) is 2. The molecule has 0 aliphatic carbocycles. The molecular weight excluding hydrogens is 312 g/mol. The van der Waals surface area contributed by atoms with Gasteiger partial charge in [0, 0.05) is 21.7 Å². The summed E-state index contributed by atoms with van der Waals surface area (Å²) in [5, 5.41) is 12.6. The summed E-state index contributed by atoms with van der Waals surface area (Å²) in [7, 11) is 0. The first-order valence-electron chi connectivity index (χ1n) is 4.49. The number of nitrogens with one attached hydrogen (secondary N) is 1. The molecule has 4 heteroatoms. The van der Waals surface area contributed by atoms with Crippen molar-refractivity contribution in [2.24, 2.45) is 0 Å². The second-order valence-electron chi connectivity index (χ2n) is 2.99. The molecule has 1 aromatic carbocycles. The lowest BCUT2D eigenvalue weighted by atomic mass is 10.2. The Morgan fingerprint density at radius 2 is 2.21 bits per heavy atom. The van der Waals surface area contributed by atoms with Gasteiger partial charge in [-0.15, -0.1) is 0 Å². The Bertz CT molecular complexity index is 293. The molecule has 0 fully saturated rings. The van der Waals surface area contributed by atoms with E-state index in [-0.39, 0.29) is 6.61 Å². The molecule has 0 aliphatic rings. The van der Waals surface area contributed by atoms with Crippen molar-refractivity contribution in [2.75, 3.05) is 13.2 Å². The molecule has 1 aromatic rings. The maximum Gasteiger partial charge on any atom is 0.0443 e. The average molecular weight is 326 g/mol. The molecule has 0 radical (unpaired) electrons. The molecule has 0 saturated heterocycles. The minimum Gasteiger partial charge on any atom is -0.396 e. The van der Waals surface area contributed by atoms with Gasteiger partial charge in [-0.2, -0.15) is 0 Å². The average Bonchev–Trinajstić information content (AvgIpc) is 2.18. The summed E-state index contributed by atoms with van der Waals surface area (Å²) in [6.45, 7) is 1.87. The predicted molar refractivity (Wildman–Crippen MR) is 67.6 cm³/mol. The molecule has 2 nitrogen and oxygen atoms in total. The van der Waals surface area contributed by atoms with Crippen LogP contribution in [0.15, 0.2) is 18.2 Å². The van der Waals surface area contributed by atoms with E-state index in [4.69, 9.17) is 16.7 Å². The topological polar surface area (TPSA) is 32.3 Å². The maximum atomic E-state index is 8.60. The van der Waals surface area contributed by atoms with Gasteiger partial charge in [0.2, 0.25) is 0 Å². The van der Waals surface area contributed by atoms with Gasteiger partial charge in [-0.25, -0.2) is 0 Å². The van der Waals surface area contributed by atoms with E-state index in [1.807, 2.05) is 18.2 Å². The third-order valence-electron chi connectivity index (χ3n) is 1.83. The smallest absolute Gasteiger partial charge is 0.0443 e. The number of hydrogen-bond acceptors (Lipinski definition) is 2. The van der Waals surface area contributed by atoms with Gasteiger partial charge in [0.15, 0.2) is 0 Å². The summed E-state index contributed by atoms with van der Waals surface area (Å²) in [6, 6.07) is 5.86. The summed E-state index contributed by atoms with van der Waals surface area (Å²) < 4.78 is 1.21. The Morgan fingerprint density at radius 1 is 1.43 bits per heavy atom. The van der Waals surface area contributed by atoms with Crippen LogP contribution in [-0.4, -0.2) is 18.3 Å². The lowest BCUT2D eigenvalue weighted by Gasteiger charge is -2.06. The van der Waals surface area contributed by atoms with Crippen LogP contribution in [0.1, 0.15) is 12.0 Å². The predicted octanol–water partition coefficient (Wildman–Crippen LogP) is 2.42. The quantitative estimate of drug-likeness (QED) is 0.644. The standard InChI is InChI=1S/C10H13ClINO/c11-9-2-3-10(12)8(6-9)7-13-4-1-5-14/h2-3,6,13-14H,1,4-5,7H2. The van der Waals surface area contributed by atoms with Gasteiger partial charge in [-0.3, -0.25) is 0 Å². The van der Waals surface area contributed by atoms with Crippen molar-refractivity contribution in [2.45, 2.75) is 13.0 Å². The number of aliphatic hydroxyl groups excluding tert-OH is 1. The van der Waals surface area contributed by atoms with Crippen molar-refractivity contribution in [3.05, 3.63) is 32.4 Å². The number of benzene rings is 1. The normalized spacial score (nSPS) is 10.5. The zero-order valence-corrected chi connectivity index (χ0v) is 10.7. The first-order chi connectivity index (χ1) is 6.74. The van der Waals surface area contributed by atoms with Gasteiger partial charge in [0.25, 0.3) is 0 Å². The molecule has 1 rings (SSSR count). The Labute approximate surface area is 103 Å². The van der Waals surface area contributed by atoms with Gasteiger partial charge in [-0.05, 0) is 59.3 Å². The van der Waals surface area contributed by atoms with Crippen molar-refractivity contribution in [3.8, 4) is 0 Å². The molecule has 14 heavy (non-hydrogen) atoms. The molecule has 0 unspecified atom stereocenters. The van der Waals surface area contributed by atoms with Crippen LogP contribution in [0.3, 0.4) is 0 Å². The summed E-state index contributed by atoms with van der Waals surface area (Å²) in [5.41, 5.74) is 1.20. The number of aliphatic hydroxyl groups is 1. The highest BCUT2D eigenvalue weighted by Crippen LogP contribution is 2.17. The van der Waals surface area contributed by atoms with Gasteiger partial charge >= 0.3 is 0 Å². The summed E-state index contributed by atoms with van der Waals surface area (Å²) in [4.78, 5) is 0. The molecule has 0 saturated carbocycles. The monoisotopic (exact) mass is 325 g/mol. The first kappa shape index (κ1) is 12.2. The molecule has 0 bridgehead atoms. The molecule has 0 spiro atoms. The highest BCUT2D eigenvalue weighted by molar-refractivity contribution is 14.1. The Morgan fingerprint density at radius 3 is 2.93 bits per heavy atom. The van der Waals surface area contributed by atoms with E-state index < -0.39 is 0 Å². The largest absolute Gasteiger partial charge is 0.396 e. The first-order valence-corrected chi connectivity index (χ1v) is 5.95. The van der Waals surface area contributed by atoms with E-state index in [1.165, 1.54) is 9.13 Å². The Balaban J connectivity index is 2.45. The van der Waals surface area contributed by atoms with Crippen LogP contribution in [0.25, 0.3) is 0 Å². The lowest BCUT2D eigenvalue weighted by Crippen LogP contribution is -2.16.